The van der Waals surface area contributed by atoms with Crippen LogP contribution in [0, 0.1) is 0 Å². The van der Waals surface area contributed by atoms with Crippen LogP contribution in [0.25, 0.3) is 0 Å². The van der Waals surface area contributed by atoms with Gasteiger partial charge in [-0.15, -0.1) is 0 Å². The Morgan fingerprint density at radius 2 is 1.95 bits per heavy atom. The molecule has 1 aliphatic rings. The van der Waals surface area contributed by atoms with E-state index in [0.717, 1.165) is 18.9 Å². The summed E-state index contributed by atoms with van der Waals surface area (Å²) in [6.45, 7) is 2.97. The Kier molecular flexibility index (Phi) is 3.18. The van der Waals surface area contributed by atoms with Gasteiger partial charge in [-0.25, -0.2) is 4.98 Å². The predicted molar refractivity (Wildman–Crippen MR) is 71.1 cm³/mol. The van der Waals surface area contributed by atoms with Crippen molar-refractivity contribution in [3.8, 4) is 0 Å². The minimum Gasteiger partial charge on any atom is -0.459 e. The summed E-state index contributed by atoms with van der Waals surface area (Å²) >= 11 is 0. The van der Waals surface area contributed by atoms with E-state index in [4.69, 9.17) is 4.42 Å². The Hall–Kier alpha value is -2.30. The monoisotopic (exact) mass is 257 g/mol. The van der Waals surface area contributed by atoms with Crippen molar-refractivity contribution in [2.45, 2.75) is 0 Å². The van der Waals surface area contributed by atoms with Crippen molar-refractivity contribution in [1.82, 2.24) is 9.88 Å². The average molecular weight is 257 g/mol. The van der Waals surface area contributed by atoms with E-state index in [1.54, 1.807) is 18.3 Å². The number of carbonyl (C=O) groups excluding carboxylic acids is 1. The van der Waals surface area contributed by atoms with Gasteiger partial charge < -0.3 is 14.2 Å². The normalized spacial score (nSPS) is 15.6. The largest absolute Gasteiger partial charge is 0.459 e. The van der Waals surface area contributed by atoms with E-state index in [-0.39, 0.29) is 5.91 Å². The maximum Gasteiger partial charge on any atom is 0.289 e. The van der Waals surface area contributed by atoms with Crippen LogP contribution in [0.4, 0.5) is 5.82 Å². The molecular weight excluding hydrogens is 242 g/mol. The Bertz CT molecular complexity index is 531. The third-order valence-electron chi connectivity index (χ3n) is 3.27. The van der Waals surface area contributed by atoms with Crippen molar-refractivity contribution in [3.63, 3.8) is 0 Å². The molecule has 1 amide bonds. The lowest BCUT2D eigenvalue weighted by atomic mass is 10.2. The number of aromatic nitrogens is 1. The summed E-state index contributed by atoms with van der Waals surface area (Å²) in [5.74, 6) is 1.34. The zero-order valence-electron chi connectivity index (χ0n) is 10.5. The summed E-state index contributed by atoms with van der Waals surface area (Å²) in [5, 5.41) is 0. The van der Waals surface area contributed by atoms with Crippen molar-refractivity contribution >= 4 is 11.7 Å². The molecule has 19 heavy (non-hydrogen) atoms. The third kappa shape index (κ3) is 2.45. The minimum atomic E-state index is -0.0364. The van der Waals surface area contributed by atoms with Crippen molar-refractivity contribution in [2.75, 3.05) is 31.1 Å². The van der Waals surface area contributed by atoms with Gasteiger partial charge in [0.05, 0.1) is 6.26 Å². The van der Waals surface area contributed by atoms with Crippen molar-refractivity contribution in [1.29, 1.82) is 0 Å². The van der Waals surface area contributed by atoms with Crippen LogP contribution in [0.3, 0.4) is 0 Å². The van der Waals surface area contributed by atoms with Gasteiger partial charge in [-0.1, -0.05) is 6.07 Å². The van der Waals surface area contributed by atoms with E-state index in [0.29, 0.717) is 18.8 Å². The van der Waals surface area contributed by atoms with Gasteiger partial charge in [0.15, 0.2) is 5.76 Å². The number of amides is 1. The molecule has 5 heteroatoms. The maximum absolute atomic E-state index is 12.1. The molecule has 3 rings (SSSR count). The van der Waals surface area contributed by atoms with E-state index in [2.05, 4.69) is 9.88 Å². The summed E-state index contributed by atoms with van der Waals surface area (Å²) in [6, 6.07) is 9.30. The van der Waals surface area contributed by atoms with E-state index in [1.165, 1.54) is 6.26 Å². The Morgan fingerprint density at radius 1 is 1.11 bits per heavy atom. The van der Waals surface area contributed by atoms with E-state index in [9.17, 15) is 4.79 Å². The molecule has 1 fully saturated rings. The number of hydrogen-bond donors (Lipinski definition) is 0. The lowest BCUT2D eigenvalue weighted by molar-refractivity contribution is 0.0714. The van der Waals surface area contributed by atoms with Gasteiger partial charge in [-0.2, -0.15) is 0 Å². The molecule has 3 heterocycles. The number of carbonyl (C=O) groups is 1. The molecule has 5 nitrogen and oxygen atoms in total. The first kappa shape index (κ1) is 11.8. The highest BCUT2D eigenvalue weighted by Crippen LogP contribution is 2.14. The quantitative estimate of drug-likeness (QED) is 0.820. The lowest BCUT2D eigenvalue weighted by Gasteiger charge is -2.34. The zero-order chi connectivity index (χ0) is 13.1. The molecule has 0 aliphatic carbocycles. The Morgan fingerprint density at radius 3 is 2.58 bits per heavy atom. The molecule has 0 spiro atoms. The Balaban J connectivity index is 1.62. The molecule has 1 aliphatic heterocycles. The molecule has 0 unspecified atom stereocenters. The molecule has 0 bridgehead atoms. The highest BCUT2D eigenvalue weighted by atomic mass is 16.3. The molecule has 0 atom stereocenters. The first-order valence-electron chi connectivity index (χ1n) is 6.33. The molecule has 0 saturated carbocycles. The number of piperazine rings is 1. The van der Waals surface area contributed by atoms with Crippen LogP contribution < -0.4 is 4.90 Å². The standard InChI is InChI=1S/C14H15N3O2/c18-14(12-4-3-11-19-12)17-9-7-16(8-10-17)13-5-1-2-6-15-13/h1-6,11H,7-10H2. The highest BCUT2D eigenvalue weighted by molar-refractivity contribution is 5.91. The van der Waals surface area contributed by atoms with Crippen LogP contribution in [-0.4, -0.2) is 42.0 Å². The van der Waals surface area contributed by atoms with Gasteiger partial charge in [-0.05, 0) is 24.3 Å². The molecule has 0 N–H and O–H groups in total. The van der Waals surface area contributed by atoms with Gasteiger partial charge in [0.2, 0.25) is 0 Å². The predicted octanol–water partition coefficient (Wildman–Crippen LogP) is 1.64. The minimum absolute atomic E-state index is 0.0364. The van der Waals surface area contributed by atoms with E-state index in [1.807, 2.05) is 23.1 Å². The van der Waals surface area contributed by atoms with Crippen molar-refractivity contribution < 1.29 is 9.21 Å². The lowest BCUT2D eigenvalue weighted by Crippen LogP contribution is -2.49. The van der Waals surface area contributed by atoms with Gasteiger partial charge in [0.1, 0.15) is 5.82 Å². The summed E-state index contributed by atoms with van der Waals surface area (Å²) in [6.07, 6.45) is 3.31. The van der Waals surface area contributed by atoms with Crippen LogP contribution in [-0.2, 0) is 0 Å². The second-order valence-electron chi connectivity index (χ2n) is 4.44. The molecule has 1 saturated heterocycles. The fourth-order valence-electron chi connectivity index (χ4n) is 2.24. The second kappa shape index (κ2) is 5.14. The third-order valence-corrected chi connectivity index (χ3v) is 3.27. The van der Waals surface area contributed by atoms with E-state index < -0.39 is 0 Å². The number of pyridine rings is 1. The van der Waals surface area contributed by atoms with Crippen LogP contribution in [0.5, 0.6) is 0 Å². The summed E-state index contributed by atoms with van der Waals surface area (Å²) in [5.41, 5.74) is 0. The zero-order valence-corrected chi connectivity index (χ0v) is 10.5. The molecule has 0 radical (unpaired) electrons. The SMILES string of the molecule is O=C(c1ccco1)N1CCN(c2ccccn2)CC1. The molecule has 98 valence electrons. The summed E-state index contributed by atoms with van der Waals surface area (Å²) in [7, 11) is 0. The number of anilines is 1. The molecule has 2 aromatic rings. The van der Waals surface area contributed by atoms with Crippen LogP contribution >= 0.6 is 0 Å². The summed E-state index contributed by atoms with van der Waals surface area (Å²) in [4.78, 5) is 20.4. The van der Waals surface area contributed by atoms with Crippen LogP contribution in [0.1, 0.15) is 10.6 Å². The number of furan rings is 1. The number of hydrogen-bond acceptors (Lipinski definition) is 4. The maximum atomic E-state index is 12.1. The smallest absolute Gasteiger partial charge is 0.289 e. The highest BCUT2D eigenvalue weighted by Gasteiger charge is 2.23. The van der Waals surface area contributed by atoms with Gasteiger partial charge >= 0.3 is 0 Å². The second-order valence-corrected chi connectivity index (χ2v) is 4.44. The van der Waals surface area contributed by atoms with Crippen LogP contribution in [0.15, 0.2) is 47.2 Å². The topological polar surface area (TPSA) is 49.6 Å². The number of nitrogens with zero attached hydrogens (tertiary/aromatic N) is 3. The van der Waals surface area contributed by atoms with Crippen molar-refractivity contribution in [2.24, 2.45) is 0 Å². The first-order valence-corrected chi connectivity index (χ1v) is 6.33. The first-order chi connectivity index (χ1) is 9.34. The molecular formula is C14H15N3O2. The molecule has 0 aromatic carbocycles. The summed E-state index contributed by atoms with van der Waals surface area (Å²) < 4.78 is 5.14. The van der Waals surface area contributed by atoms with Crippen molar-refractivity contribution in [3.05, 3.63) is 48.6 Å². The van der Waals surface area contributed by atoms with Gasteiger partial charge in [0.25, 0.3) is 5.91 Å². The van der Waals surface area contributed by atoms with Gasteiger partial charge in [-0.3, -0.25) is 4.79 Å². The Labute approximate surface area is 111 Å². The van der Waals surface area contributed by atoms with Gasteiger partial charge in [0, 0.05) is 32.4 Å². The van der Waals surface area contributed by atoms with Crippen LogP contribution in [0.2, 0.25) is 0 Å². The number of rotatable bonds is 2. The fourth-order valence-corrected chi connectivity index (χ4v) is 2.24. The fraction of sp³-hybridized carbons (Fsp3) is 0.286. The molecule has 2 aromatic heterocycles. The average Bonchev–Trinajstić information content (AvgIpc) is 3.02. The van der Waals surface area contributed by atoms with E-state index >= 15 is 0 Å².